The molecular weight excluding hydrogens is 264 g/mol. The van der Waals surface area contributed by atoms with E-state index in [1.165, 1.54) is 11.3 Å². The highest BCUT2D eigenvalue weighted by Gasteiger charge is 2.34. The van der Waals surface area contributed by atoms with Crippen molar-refractivity contribution in [3.8, 4) is 0 Å². The Morgan fingerprint density at radius 1 is 1.47 bits per heavy atom. The van der Waals surface area contributed by atoms with Crippen LogP contribution in [0.25, 0.3) is 0 Å². The fourth-order valence-electron chi connectivity index (χ4n) is 1.57. The number of rotatable bonds is 4. The summed E-state index contributed by atoms with van der Waals surface area (Å²) < 4.78 is 10.7. The second-order valence-electron chi connectivity index (χ2n) is 4.81. The quantitative estimate of drug-likeness (QED) is 0.805. The van der Waals surface area contributed by atoms with Crippen molar-refractivity contribution in [1.29, 1.82) is 0 Å². The predicted octanol–water partition coefficient (Wildman–Crippen LogP) is 3.02. The third-order valence-electron chi connectivity index (χ3n) is 2.82. The van der Waals surface area contributed by atoms with E-state index in [4.69, 9.17) is 9.15 Å². The smallest absolute Gasteiger partial charge is 0.317 e. The van der Waals surface area contributed by atoms with E-state index < -0.39 is 11.5 Å². The monoisotopic (exact) mass is 280 g/mol. The van der Waals surface area contributed by atoms with Crippen LogP contribution in [0.4, 0.5) is 0 Å². The minimum atomic E-state index is -0.683. The molecule has 0 fully saturated rings. The summed E-state index contributed by atoms with van der Waals surface area (Å²) in [7, 11) is 0. The third-order valence-corrected chi connectivity index (χ3v) is 4.01. The first-order valence-electron chi connectivity index (χ1n) is 5.96. The molecule has 0 spiro atoms. The van der Waals surface area contributed by atoms with Crippen LogP contribution in [-0.4, -0.2) is 16.2 Å². The van der Waals surface area contributed by atoms with E-state index >= 15 is 0 Å². The Labute approximate surface area is 115 Å². The lowest BCUT2D eigenvalue weighted by molar-refractivity contribution is -0.155. The standard InChI is InChI=1S/C13H16N2O3S/c1-8(11-15-14-9(2)18-11)17-12(16)13(3,4)10-6-5-7-19-10/h5-8H,1-4H3/t8-/m1/s1. The summed E-state index contributed by atoms with van der Waals surface area (Å²) in [4.78, 5) is 13.2. The number of aryl methyl sites for hydroxylation is 1. The van der Waals surface area contributed by atoms with Crippen molar-refractivity contribution >= 4 is 17.3 Å². The molecule has 0 saturated carbocycles. The third kappa shape index (κ3) is 2.84. The average molecular weight is 280 g/mol. The summed E-state index contributed by atoms with van der Waals surface area (Å²) in [6, 6.07) is 3.84. The van der Waals surface area contributed by atoms with Gasteiger partial charge in [-0.2, -0.15) is 0 Å². The van der Waals surface area contributed by atoms with Crippen molar-refractivity contribution in [1.82, 2.24) is 10.2 Å². The van der Waals surface area contributed by atoms with E-state index in [0.29, 0.717) is 11.8 Å². The SMILES string of the molecule is Cc1nnc([C@@H](C)OC(=O)C(C)(C)c2cccs2)o1. The van der Waals surface area contributed by atoms with Crippen molar-refractivity contribution < 1.29 is 13.9 Å². The van der Waals surface area contributed by atoms with E-state index in [2.05, 4.69) is 10.2 Å². The van der Waals surface area contributed by atoms with Gasteiger partial charge in [-0.1, -0.05) is 6.07 Å². The molecule has 0 radical (unpaired) electrons. The summed E-state index contributed by atoms with van der Waals surface area (Å²) in [6.07, 6.45) is -0.548. The zero-order valence-electron chi connectivity index (χ0n) is 11.3. The van der Waals surface area contributed by atoms with Gasteiger partial charge < -0.3 is 9.15 Å². The maximum atomic E-state index is 12.2. The summed E-state index contributed by atoms with van der Waals surface area (Å²) in [6.45, 7) is 7.09. The molecule has 1 atom stereocenters. The molecule has 0 aliphatic rings. The largest absolute Gasteiger partial charge is 0.452 e. The number of hydrogen-bond acceptors (Lipinski definition) is 6. The molecule has 2 heterocycles. The minimum absolute atomic E-state index is 0.307. The van der Waals surface area contributed by atoms with Gasteiger partial charge in [0.05, 0.1) is 5.41 Å². The number of hydrogen-bond donors (Lipinski definition) is 0. The van der Waals surface area contributed by atoms with Crippen LogP contribution < -0.4 is 0 Å². The van der Waals surface area contributed by atoms with Gasteiger partial charge in [-0.3, -0.25) is 4.79 Å². The highest BCUT2D eigenvalue weighted by Crippen LogP contribution is 2.30. The van der Waals surface area contributed by atoms with Gasteiger partial charge in [-0.15, -0.1) is 21.5 Å². The molecule has 2 rings (SSSR count). The van der Waals surface area contributed by atoms with Gasteiger partial charge in [0.25, 0.3) is 5.89 Å². The van der Waals surface area contributed by atoms with Crippen molar-refractivity contribution in [2.75, 3.05) is 0 Å². The predicted molar refractivity (Wildman–Crippen MR) is 70.9 cm³/mol. The number of esters is 1. The maximum Gasteiger partial charge on any atom is 0.317 e. The molecule has 0 bridgehead atoms. The number of carbonyl (C=O) groups excluding carboxylic acids is 1. The second-order valence-corrected chi connectivity index (χ2v) is 5.76. The first-order chi connectivity index (χ1) is 8.91. The number of thiophene rings is 1. The van der Waals surface area contributed by atoms with E-state index in [9.17, 15) is 4.79 Å². The average Bonchev–Trinajstić information content (AvgIpc) is 2.99. The molecule has 0 amide bonds. The van der Waals surface area contributed by atoms with Crippen LogP contribution in [0.2, 0.25) is 0 Å². The normalized spacial score (nSPS) is 13.3. The minimum Gasteiger partial charge on any atom is -0.452 e. The van der Waals surface area contributed by atoms with Crippen LogP contribution in [0.1, 0.15) is 43.5 Å². The van der Waals surface area contributed by atoms with Gasteiger partial charge >= 0.3 is 5.97 Å². The zero-order chi connectivity index (χ0) is 14.0. The van der Waals surface area contributed by atoms with E-state index in [-0.39, 0.29) is 5.97 Å². The van der Waals surface area contributed by atoms with Crippen LogP contribution in [0, 0.1) is 6.92 Å². The lowest BCUT2D eigenvalue weighted by atomic mass is 9.92. The molecular formula is C13H16N2O3S. The molecule has 0 aliphatic carbocycles. The van der Waals surface area contributed by atoms with Crippen LogP contribution in [-0.2, 0) is 14.9 Å². The molecule has 0 N–H and O–H groups in total. The Morgan fingerprint density at radius 2 is 2.21 bits per heavy atom. The van der Waals surface area contributed by atoms with Crippen molar-refractivity contribution in [3.63, 3.8) is 0 Å². The Bertz CT molecular complexity index is 560. The van der Waals surface area contributed by atoms with E-state index in [0.717, 1.165) is 4.88 Å². The summed E-state index contributed by atoms with van der Waals surface area (Å²) in [5.74, 6) is 0.460. The number of ether oxygens (including phenoxy) is 1. The molecule has 0 saturated heterocycles. The Morgan fingerprint density at radius 3 is 2.74 bits per heavy atom. The lowest BCUT2D eigenvalue weighted by Crippen LogP contribution is -2.31. The molecule has 102 valence electrons. The molecule has 0 aromatic carbocycles. The zero-order valence-corrected chi connectivity index (χ0v) is 12.2. The van der Waals surface area contributed by atoms with Gasteiger partial charge in [0.1, 0.15) is 0 Å². The van der Waals surface area contributed by atoms with Crippen LogP contribution in [0.15, 0.2) is 21.9 Å². The second kappa shape index (κ2) is 5.13. The molecule has 5 nitrogen and oxygen atoms in total. The highest BCUT2D eigenvalue weighted by atomic mass is 32.1. The van der Waals surface area contributed by atoms with E-state index in [1.807, 2.05) is 31.4 Å². The van der Waals surface area contributed by atoms with Crippen LogP contribution >= 0.6 is 11.3 Å². The molecule has 0 unspecified atom stereocenters. The van der Waals surface area contributed by atoms with Gasteiger partial charge in [0, 0.05) is 11.8 Å². The number of nitrogens with zero attached hydrogens (tertiary/aromatic N) is 2. The van der Waals surface area contributed by atoms with Gasteiger partial charge in [0.15, 0.2) is 6.10 Å². The first-order valence-corrected chi connectivity index (χ1v) is 6.84. The lowest BCUT2D eigenvalue weighted by Gasteiger charge is -2.22. The highest BCUT2D eigenvalue weighted by molar-refractivity contribution is 7.10. The fraction of sp³-hybridized carbons (Fsp3) is 0.462. The fourth-order valence-corrected chi connectivity index (χ4v) is 2.41. The van der Waals surface area contributed by atoms with Gasteiger partial charge in [0.2, 0.25) is 5.89 Å². The Hall–Kier alpha value is -1.69. The summed E-state index contributed by atoms with van der Waals surface area (Å²) in [5, 5.41) is 9.51. The van der Waals surface area contributed by atoms with Crippen molar-refractivity contribution in [3.05, 3.63) is 34.2 Å². The molecule has 19 heavy (non-hydrogen) atoms. The van der Waals surface area contributed by atoms with Gasteiger partial charge in [-0.05, 0) is 32.2 Å². The molecule has 2 aromatic heterocycles. The molecule has 0 aliphatic heterocycles. The topological polar surface area (TPSA) is 65.2 Å². The van der Waals surface area contributed by atoms with Crippen molar-refractivity contribution in [2.24, 2.45) is 0 Å². The summed E-state index contributed by atoms with van der Waals surface area (Å²) >= 11 is 1.53. The maximum absolute atomic E-state index is 12.2. The van der Waals surface area contributed by atoms with Crippen LogP contribution in [0.3, 0.4) is 0 Å². The summed E-state index contributed by atoms with van der Waals surface area (Å²) in [5.41, 5.74) is -0.683. The Balaban J connectivity index is 2.09. The van der Waals surface area contributed by atoms with Crippen LogP contribution in [0.5, 0.6) is 0 Å². The van der Waals surface area contributed by atoms with Gasteiger partial charge in [-0.25, -0.2) is 0 Å². The number of carbonyl (C=O) groups is 1. The first kappa shape index (κ1) is 13.7. The number of aromatic nitrogens is 2. The van der Waals surface area contributed by atoms with E-state index in [1.54, 1.807) is 13.8 Å². The molecule has 2 aromatic rings. The molecule has 6 heteroatoms. The van der Waals surface area contributed by atoms with Crippen molar-refractivity contribution in [2.45, 2.75) is 39.2 Å². The Kier molecular flexibility index (Phi) is 3.71.